The summed E-state index contributed by atoms with van der Waals surface area (Å²) in [7, 11) is 0. The van der Waals surface area contributed by atoms with Gasteiger partial charge in [-0.25, -0.2) is 9.97 Å². The molecule has 0 N–H and O–H groups in total. The second-order valence-electron chi connectivity index (χ2n) is 11.0. The Morgan fingerprint density at radius 2 is 0.857 bits per heavy atom. The second kappa shape index (κ2) is 8.95. The summed E-state index contributed by atoms with van der Waals surface area (Å²) in [4.78, 5) is 10.1. The summed E-state index contributed by atoms with van der Waals surface area (Å²) in [5, 5.41) is 12.4. The summed E-state index contributed by atoms with van der Waals surface area (Å²) in [5.41, 5.74) is 5.70. The minimum Gasteiger partial charge on any atom is -0.236 e. The lowest BCUT2D eigenvalue weighted by atomic mass is 9.88. The average Bonchev–Trinajstić information content (AvgIpc) is 3.06. The molecule has 0 atom stereocenters. The Balaban J connectivity index is 1.26. The van der Waals surface area contributed by atoms with E-state index in [2.05, 4.69) is 133 Å². The Bertz CT molecular complexity index is 2370. The number of nitrogens with zero attached hydrogens (tertiary/aromatic N) is 2. The minimum absolute atomic E-state index is 0.739. The maximum absolute atomic E-state index is 5.03. The van der Waals surface area contributed by atoms with E-state index in [4.69, 9.17) is 9.97 Å². The van der Waals surface area contributed by atoms with Crippen molar-refractivity contribution in [2.45, 2.75) is 0 Å². The van der Waals surface area contributed by atoms with Crippen LogP contribution in [0.4, 0.5) is 0 Å². The molecule has 2 heteroatoms. The molecular formula is C40H24N2. The van der Waals surface area contributed by atoms with Crippen LogP contribution >= 0.6 is 0 Å². The molecule has 0 fully saturated rings. The van der Waals surface area contributed by atoms with Gasteiger partial charge in [0.1, 0.15) is 0 Å². The third-order valence-corrected chi connectivity index (χ3v) is 8.71. The van der Waals surface area contributed by atoms with Crippen LogP contribution < -0.4 is 0 Å². The molecule has 1 heterocycles. The van der Waals surface area contributed by atoms with E-state index in [1.165, 1.54) is 54.2 Å². The molecule has 0 saturated carbocycles. The number of hydrogen-bond donors (Lipinski definition) is 0. The van der Waals surface area contributed by atoms with E-state index in [1.807, 2.05) is 12.4 Å². The molecule has 0 unspecified atom stereocenters. The summed E-state index contributed by atoms with van der Waals surface area (Å²) in [6, 6.07) is 47.8. The van der Waals surface area contributed by atoms with Crippen molar-refractivity contribution in [2.75, 3.05) is 0 Å². The molecule has 0 spiro atoms. The monoisotopic (exact) mass is 532 g/mol. The zero-order chi connectivity index (χ0) is 27.6. The number of benzene rings is 8. The number of fused-ring (bicyclic) bond motifs is 2. The van der Waals surface area contributed by atoms with Crippen molar-refractivity contribution < 1.29 is 0 Å². The van der Waals surface area contributed by atoms with Gasteiger partial charge in [-0.3, -0.25) is 0 Å². The van der Waals surface area contributed by atoms with Crippen LogP contribution in [0.2, 0.25) is 0 Å². The number of hydrogen-bond acceptors (Lipinski definition) is 2. The van der Waals surface area contributed by atoms with Gasteiger partial charge in [0.2, 0.25) is 0 Å². The zero-order valence-electron chi connectivity index (χ0n) is 22.8. The van der Waals surface area contributed by atoms with Crippen LogP contribution in [0.15, 0.2) is 146 Å². The molecule has 42 heavy (non-hydrogen) atoms. The van der Waals surface area contributed by atoms with Crippen LogP contribution in [0, 0.1) is 0 Å². The Morgan fingerprint density at radius 3 is 1.50 bits per heavy atom. The van der Waals surface area contributed by atoms with E-state index in [0.29, 0.717) is 0 Å². The van der Waals surface area contributed by atoms with Crippen LogP contribution in [-0.2, 0) is 0 Å². The molecule has 1 aromatic heterocycles. The second-order valence-corrected chi connectivity index (χ2v) is 11.0. The lowest BCUT2D eigenvalue weighted by Crippen LogP contribution is -1.95. The average molecular weight is 533 g/mol. The molecule has 2 nitrogen and oxygen atoms in total. The molecule has 0 amide bonds. The molecule has 194 valence electrons. The topological polar surface area (TPSA) is 25.8 Å². The van der Waals surface area contributed by atoms with Crippen molar-refractivity contribution in [3.63, 3.8) is 0 Å². The SMILES string of the molecule is c1ccc(-c2c3ccccc3c(-c3ncc(-c4ccc5ccc6cccc7ccc4c5c67)cn3)c3ccccc23)cc1. The fourth-order valence-corrected chi connectivity index (χ4v) is 6.87. The lowest BCUT2D eigenvalue weighted by molar-refractivity contribution is 1.19. The first-order valence-corrected chi connectivity index (χ1v) is 14.3. The molecule has 0 saturated heterocycles. The first-order valence-electron chi connectivity index (χ1n) is 14.3. The van der Waals surface area contributed by atoms with Crippen LogP contribution in [0.5, 0.6) is 0 Å². The first kappa shape index (κ1) is 23.1. The van der Waals surface area contributed by atoms with Crippen LogP contribution in [0.25, 0.3) is 87.5 Å². The van der Waals surface area contributed by atoms with Crippen molar-refractivity contribution in [2.24, 2.45) is 0 Å². The van der Waals surface area contributed by atoms with Crippen LogP contribution in [0.3, 0.4) is 0 Å². The standard InChI is InChI=1S/C40H24N2/c1-2-9-25(10-3-1)37-31-13-4-6-15-33(31)39(34-16-7-5-14-32(34)37)40-41-23-29(24-42-40)30-21-19-28-18-17-26-11-8-12-27-20-22-35(30)38(28)36(26)27/h1-24H. The number of aromatic nitrogens is 2. The molecule has 0 aliphatic heterocycles. The zero-order valence-corrected chi connectivity index (χ0v) is 22.8. The van der Waals surface area contributed by atoms with E-state index in [0.717, 1.165) is 33.3 Å². The van der Waals surface area contributed by atoms with Gasteiger partial charge in [-0.2, -0.15) is 0 Å². The van der Waals surface area contributed by atoms with E-state index in [1.54, 1.807) is 0 Å². The van der Waals surface area contributed by atoms with Crippen molar-refractivity contribution in [3.05, 3.63) is 146 Å². The summed E-state index contributed by atoms with van der Waals surface area (Å²) >= 11 is 0. The highest BCUT2D eigenvalue weighted by Gasteiger charge is 2.18. The fourth-order valence-electron chi connectivity index (χ4n) is 6.87. The van der Waals surface area contributed by atoms with Crippen LogP contribution in [0.1, 0.15) is 0 Å². The molecule has 0 radical (unpaired) electrons. The Labute approximate surface area is 242 Å². The van der Waals surface area contributed by atoms with Gasteiger partial charge in [-0.1, -0.05) is 133 Å². The molecule has 9 rings (SSSR count). The molecule has 8 aromatic carbocycles. The van der Waals surface area contributed by atoms with Crippen molar-refractivity contribution in [1.82, 2.24) is 9.97 Å². The maximum Gasteiger partial charge on any atom is 0.160 e. The highest BCUT2D eigenvalue weighted by atomic mass is 14.9. The normalized spacial score (nSPS) is 11.8. The van der Waals surface area contributed by atoms with Crippen molar-refractivity contribution in [3.8, 4) is 33.6 Å². The van der Waals surface area contributed by atoms with E-state index in [9.17, 15) is 0 Å². The highest BCUT2D eigenvalue weighted by Crippen LogP contribution is 2.43. The van der Waals surface area contributed by atoms with Gasteiger partial charge in [0, 0.05) is 23.5 Å². The quantitative estimate of drug-likeness (QED) is 0.167. The highest BCUT2D eigenvalue weighted by molar-refractivity contribution is 6.25. The first-order chi connectivity index (χ1) is 20.8. The largest absolute Gasteiger partial charge is 0.236 e. The Morgan fingerprint density at radius 1 is 0.333 bits per heavy atom. The summed E-state index contributed by atoms with van der Waals surface area (Å²) < 4.78 is 0. The van der Waals surface area contributed by atoms with Crippen LogP contribution in [-0.4, -0.2) is 9.97 Å². The van der Waals surface area contributed by atoms with E-state index in [-0.39, 0.29) is 0 Å². The molecule has 0 aliphatic rings. The maximum atomic E-state index is 5.03. The Hall–Kier alpha value is -5.60. The third-order valence-electron chi connectivity index (χ3n) is 8.71. The Kier molecular flexibility index (Phi) is 4.93. The summed E-state index contributed by atoms with van der Waals surface area (Å²) in [6.07, 6.45) is 3.98. The number of rotatable bonds is 3. The smallest absolute Gasteiger partial charge is 0.160 e. The minimum atomic E-state index is 0.739. The van der Waals surface area contributed by atoms with Crippen molar-refractivity contribution >= 4 is 53.9 Å². The third kappa shape index (κ3) is 3.33. The molecule has 0 bridgehead atoms. The van der Waals surface area contributed by atoms with Gasteiger partial charge in [0.25, 0.3) is 0 Å². The lowest BCUT2D eigenvalue weighted by Gasteiger charge is -2.17. The van der Waals surface area contributed by atoms with E-state index < -0.39 is 0 Å². The fraction of sp³-hybridized carbons (Fsp3) is 0. The van der Waals surface area contributed by atoms with Gasteiger partial charge < -0.3 is 0 Å². The molecule has 0 aliphatic carbocycles. The van der Waals surface area contributed by atoms with Gasteiger partial charge in [0.05, 0.1) is 0 Å². The van der Waals surface area contributed by atoms with Gasteiger partial charge >= 0.3 is 0 Å². The predicted octanol–water partition coefficient (Wildman–Crippen LogP) is 10.7. The summed E-state index contributed by atoms with van der Waals surface area (Å²) in [5.74, 6) is 0.739. The van der Waals surface area contributed by atoms with Gasteiger partial charge in [-0.05, 0) is 70.6 Å². The molecular weight excluding hydrogens is 508 g/mol. The predicted molar refractivity (Wildman–Crippen MR) is 177 cm³/mol. The molecule has 9 aromatic rings. The van der Waals surface area contributed by atoms with Crippen molar-refractivity contribution in [1.29, 1.82) is 0 Å². The van der Waals surface area contributed by atoms with Gasteiger partial charge in [-0.15, -0.1) is 0 Å². The summed E-state index contributed by atoms with van der Waals surface area (Å²) in [6.45, 7) is 0. The van der Waals surface area contributed by atoms with Gasteiger partial charge in [0.15, 0.2) is 5.82 Å². The van der Waals surface area contributed by atoms with E-state index >= 15 is 0 Å².